The molecule has 38 heavy (non-hydrogen) atoms. The van der Waals surface area contributed by atoms with Crippen molar-refractivity contribution >= 4 is 10.9 Å². The fourth-order valence-corrected chi connectivity index (χ4v) is 4.84. The number of benzene rings is 3. The molecule has 3 aromatic carbocycles. The fourth-order valence-electron chi connectivity index (χ4n) is 4.84. The minimum absolute atomic E-state index is 0.101. The summed E-state index contributed by atoms with van der Waals surface area (Å²) < 4.78 is 15.2. The number of halogens is 1. The molecule has 1 atom stereocenters. The summed E-state index contributed by atoms with van der Waals surface area (Å²) in [5.74, 6) is 0.425. The van der Waals surface area contributed by atoms with Gasteiger partial charge in [0.05, 0.1) is 12.6 Å². The summed E-state index contributed by atoms with van der Waals surface area (Å²) in [6.45, 7) is 7.67. The van der Waals surface area contributed by atoms with Gasteiger partial charge in [-0.2, -0.15) is 0 Å². The molecule has 0 aliphatic carbocycles. The van der Waals surface area contributed by atoms with Gasteiger partial charge < -0.3 is 4.98 Å². The average Bonchev–Trinajstić information content (AvgIpc) is 3.35. The zero-order valence-electron chi connectivity index (χ0n) is 21.9. The summed E-state index contributed by atoms with van der Waals surface area (Å²) in [6, 6.07) is 22.6. The lowest BCUT2D eigenvalue weighted by Gasteiger charge is -2.30. The van der Waals surface area contributed by atoms with Gasteiger partial charge in [-0.3, -0.25) is 9.69 Å². The molecule has 1 N–H and O–H groups in total. The van der Waals surface area contributed by atoms with Gasteiger partial charge in [0, 0.05) is 24.2 Å². The highest BCUT2D eigenvalue weighted by Crippen LogP contribution is 2.27. The Morgan fingerprint density at radius 2 is 1.63 bits per heavy atom. The number of rotatable bonds is 9. The Labute approximate surface area is 220 Å². The number of aromatic nitrogens is 5. The molecule has 0 aliphatic heterocycles. The van der Waals surface area contributed by atoms with E-state index in [1.807, 2.05) is 25.1 Å². The molecule has 1 unspecified atom stereocenters. The zero-order valence-corrected chi connectivity index (χ0v) is 21.9. The topological polar surface area (TPSA) is 79.7 Å². The Morgan fingerprint density at radius 1 is 0.921 bits per heavy atom. The van der Waals surface area contributed by atoms with Crippen LogP contribution in [0.3, 0.4) is 0 Å². The molecule has 7 nitrogen and oxygen atoms in total. The van der Waals surface area contributed by atoms with Gasteiger partial charge in [-0.25, -0.2) is 9.07 Å². The number of aromatic amines is 1. The first-order valence-corrected chi connectivity index (χ1v) is 12.8. The van der Waals surface area contributed by atoms with Crippen molar-refractivity contribution in [3.05, 3.63) is 123 Å². The van der Waals surface area contributed by atoms with Crippen LogP contribution >= 0.6 is 0 Å². The predicted octanol–water partition coefficient (Wildman–Crippen LogP) is 5.47. The summed E-state index contributed by atoms with van der Waals surface area (Å²) in [4.78, 5) is 18.4. The number of hydrogen-bond donors (Lipinski definition) is 1. The highest BCUT2D eigenvalue weighted by Gasteiger charge is 2.26. The number of tetrazole rings is 1. The molecule has 0 aliphatic rings. The van der Waals surface area contributed by atoms with Gasteiger partial charge in [0.15, 0.2) is 5.82 Å². The Balaban J connectivity index is 1.52. The first-order valence-electron chi connectivity index (χ1n) is 12.8. The van der Waals surface area contributed by atoms with Crippen LogP contribution < -0.4 is 5.56 Å². The summed E-state index contributed by atoms with van der Waals surface area (Å²) in [7, 11) is 0. The quantitative estimate of drug-likeness (QED) is 0.284. The van der Waals surface area contributed by atoms with Crippen molar-refractivity contribution in [3.63, 3.8) is 0 Å². The van der Waals surface area contributed by atoms with Crippen LogP contribution in [0.2, 0.25) is 0 Å². The minimum Gasteiger partial charge on any atom is -0.322 e. The third-order valence-corrected chi connectivity index (χ3v) is 6.89. The van der Waals surface area contributed by atoms with E-state index < -0.39 is 0 Å². The lowest BCUT2D eigenvalue weighted by atomic mass is 10.1. The SMILES string of the molecule is CCC(c1nnnn1Cc1ccc(F)cc1)N(Cc1ccc(C)cc1)Cc1cc2cc(C)ccc2[nH]c1=O. The van der Waals surface area contributed by atoms with Crippen LogP contribution in [0.15, 0.2) is 77.6 Å². The minimum atomic E-state index is -0.280. The van der Waals surface area contributed by atoms with E-state index in [1.54, 1.807) is 16.8 Å². The molecule has 8 heteroatoms. The second-order valence-corrected chi connectivity index (χ2v) is 9.85. The highest BCUT2D eigenvalue weighted by molar-refractivity contribution is 5.79. The van der Waals surface area contributed by atoms with Crippen LogP contribution in [0.4, 0.5) is 4.39 Å². The lowest BCUT2D eigenvalue weighted by molar-refractivity contribution is 0.161. The number of nitrogens with zero attached hydrogens (tertiary/aromatic N) is 5. The van der Waals surface area contributed by atoms with Crippen molar-refractivity contribution in [2.24, 2.45) is 0 Å². The summed E-state index contributed by atoms with van der Waals surface area (Å²) in [6.07, 6.45) is 0.736. The molecule has 2 aromatic heterocycles. The number of hydrogen-bond acceptors (Lipinski definition) is 5. The fraction of sp³-hybridized carbons (Fsp3) is 0.267. The number of H-pyrrole nitrogens is 1. The molecule has 5 rings (SSSR count). The molecule has 0 spiro atoms. The molecular formula is C30H31FN6O. The second kappa shape index (κ2) is 11.1. The first-order chi connectivity index (χ1) is 18.4. The molecule has 0 radical (unpaired) electrons. The van der Waals surface area contributed by atoms with Gasteiger partial charge in [0.2, 0.25) is 0 Å². The number of aryl methyl sites for hydroxylation is 2. The lowest BCUT2D eigenvalue weighted by Crippen LogP contribution is -2.32. The average molecular weight is 511 g/mol. The zero-order chi connectivity index (χ0) is 26.6. The molecule has 0 saturated carbocycles. The van der Waals surface area contributed by atoms with Gasteiger partial charge in [-0.1, -0.05) is 60.5 Å². The summed E-state index contributed by atoms with van der Waals surface area (Å²) in [5.41, 5.74) is 5.78. The Bertz CT molecular complexity index is 1590. The Hall–Kier alpha value is -4.17. The summed E-state index contributed by atoms with van der Waals surface area (Å²) >= 11 is 0. The number of nitrogens with one attached hydrogen (secondary N) is 1. The van der Waals surface area contributed by atoms with Gasteiger partial charge in [0.1, 0.15) is 5.82 Å². The largest absolute Gasteiger partial charge is 0.322 e. The van der Waals surface area contributed by atoms with Crippen molar-refractivity contribution in [2.75, 3.05) is 0 Å². The maximum atomic E-state index is 13.4. The van der Waals surface area contributed by atoms with E-state index in [9.17, 15) is 9.18 Å². The van der Waals surface area contributed by atoms with Crippen molar-refractivity contribution < 1.29 is 4.39 Å². The third-order valence-electron chi connectivity index (χ3n) is 6.89. The van der Waals surface area contributed by atoms with Gasteiger partial charge in [-0.15, -0.1) is 5.10 Å². The molecule has 194 valence electrons. The van der Waals surface area contributed by atoms with Gasteiger partial charge in [-0.05, 0) is 77.5 Å². The predicted molar refractivity (Wildman–Crippen MR) is 146 cm³/mol. The standard InChI is InChI=1S/C30H31FN6O/c1-4-28(29-33-34-35-37(29)18-23-10-12-26(31)13-11-23)36(17-22-8-5-20(2)6-9-22)19-25-16-24-15-21(3)7-14-27(24)32-30(25)38/h5-16,28H,4,17-19H2,1-3H3,(H,32,38). The molecular weight excluding hydrogens is 479 g/mol. The smallest absolute Gasteiger partial charge is 0.252 e. The van der Waals surface area contributed by atoms with Crippen LogP contribution in [0, 0.1) is 19.7 Å². The van der Waals surface area contributed by atoms with Gasteiger partial charge >= 0.3 is 0 Å². The van der Waals surface area contributed by atoms with Crippen molar-refractivity contribution in [1.82, 2.24) is 30.1 Å². The highest BCUT2D eigenvalue weighted by atomic mass is 19.1. The Morgan fingerprint density at radius 3 is 2.37 bits per heavy atom. The van der Waals surface area contributed by atoms with E-state index in [-0.39, 0.29) is 17.4 Å². The van der Waals surface area contributed by atoms with Crippen LogP contribution in [0.5, 0.6) is 0 Å². The molecule has 0 amide bonds. The van der Waals surface area contributed by atoms with Gasteiger partial charge in [0.25, 0.3) is 5.56 Å². The molecule has 0 bridgehead atoms. The first kappa shape index (κ1) is 25.5. The van der Waals surface area contributed by atoms with Crippen LogP contribution in [0.25, 0.3) is 10.9 Å². The maximum absolute atomic E-state index is 13.4. The van der Waals surface area contributed by atoms with Crippen molar-refractivity contribution in [2.45, 2.75) is 52.9 Å². The van der Waals surface area contributed by atoms with E-state index in [4.69, 9.17) is 0 Å². The van der Waals surface area contributed by atoms with Crippen LogP contribution in [0.1, 0.15) is 53.0 Å². The van der Waals surface area contributed by atoms with E-state index in [0.717, 1.165) is 34.0 Å². The summed E-state index contributed by atoms with van der Waals surface area (Å²) in [5, 5.41) is 13.6. The molecule has 5 aromatic rings. The third kappa shape index (κ3) is 5.70. The number of fused-ring (bicyclic) bond motifs is 1. The number of pyridine rings is 1. The molecule has 2 heterocycles. The van der Waals surface area contributed by atoms with Crippen LogP contribution in [-0.2, 0) is 19.6 Å². The maximum Gasteiger partial charge on any atom is 0.252 e. The van der Waals surface area contributed by atoms with E-state index in [1.165, 1.54) is 17.7 Å². The van der Waals surface area contributed by atoms with E-state index >= 15 is 0 Å². The monoisotopic (exact) mass is 510 g/mol. The van der Waals surface area contributed by atoms with E-state index in [2.05, 4.69) is 69.6 Å². The Kier molecular flexibility index (Phi) is 7.42. The van der Waals surface area contributed by atoms with Crippen molar-refractivity contribution in [3.8, 4) is 0 Å². The molecule has 0 fully saturated rings. The normalized spacial score (nSPS) is 12.3. The van der Waals surface area contributed by atoms with Crippen LogP contribution in [-0.4, -0.2) is 30.1 Å². The molecule has 0 saturated heterocycles. The second-order valence-electron chi connectivity index (χ2n) is 9.85. The van der Waals surface area contributed by atoms with Crippen molar-refractivity contribution in [1.29, 1.82) is 0 Å². The van der Waals surface area contributed by atoms with E-state index in [0.29, 0.717) is 31.0 Å².